The standard InChI is InChI=1S/C14H27NO2S/c1-12(2,13(3,4)16)15-11-5-7-17-14(9-11)6-8-18-10-14/h11,15-16H,5-10H2,1-4H3. The van der Waals surface area contributed by atoms with Crippen molar-refractivity contribution in [3.63, 3.8) is 0 Å². The van der Waals surface area contributed by atoms with E-state index in [9.17, 15) is 5.11 Å². The summed E-state index contributed by atoms with van der Waals surface area (Å²) in [5, 5.41) is 13.9. The van der Waals surface area contributed by atoms with E-state index < -0.39 is 5.60 Å². The van der Waals surface area contributed by atoms with Crippen molar-refractivity contribution in [2.45, 2.75) is 69.7 Å². The molecule has 0 aliphatic carbocycles. The third-order valence-corrected chi connectivity index (χ3v) is 5.88. The quantitative estimate of drug-likeness (QED) is 0.827. The van der Waals surface area contributed by atoms with Crippen LogP contribution in [0.1, 0.15) is 47.0 Å². The van der Waals surface area contributed by atoms with E-state index in [4.69, 9.17) is 4.74 Å². The fourth-order valence-electron chi connectivity index (χ4n) is 2.70. The van der Waals surface area contributed by atoms with Crippen LogP contribution in [-0.4, -0.2) is 46.0 Å². The number of ether oxygens (including phenoxy) is 1. The van der Waals surface area contributed by atoms with Gasteiger partial charge in [-0.1, -0.05) is 0 Å². The minimum Gasteiger partial charge on any atom is -0.389 e. The molecule has 106 valence electrons. The van der Waals surface area contributed by atoms with Crippen molar-refractivity contribution in [3.8, 4) is 0 Å². The van der Waals surface area contributed by atoms with Crippen LogP contribution in [0.3, 0.4) is 0 Å². The molecule has 2 aliphatic rings. The van der Waals surface area contributed by atoms with Crippen LogP contribution in [0.4, 0.5) is 0 Å². The number of thioether (sulfide) groups is 1. The third-order valence-electron chi connectivity index (χ3n) is 4.65. The molecule has 3 nitrogen and oxygen atoms in total. The number of rotatable bonds is 3. The van der Waals surface area contributed by atoms with Gasteiger partial charge in [-0.15, -0.1) is 0 Å². The fraction of sp³-hybridized carbons (Fsp3) is 1.00. The first kappa shape index (κ1) is 14.6. The van der Waals surface area contributed by atoms with Crippen LogP contribution in [0.25, 0.3) is 0 Å². The average Bonchev–Trinajstić information content (AvgIpc) is 2.64. The third kappa shape index (κ3) is 3.03. The monoisotopic (exact) mass is 273 g/mol. The minimum absolute atomic E-state index is 0.107. The molecule has 2 fully saturated rings. The second kappa shape index (κ2) is 4.97. The topological polar surface area (TPSA) is 41.5 Å². The van der Waals surface area contributed by atoms with Crippen LogP contribution in [-0.2, 0) is 4.74 Å². The lowest BCUT2D eigenvalue weighted by Gasteiger charge is -2.45. The Balaban J connectivity index is 1.98. The van der Waals surface area contributed by atoms with Gasteiger partial charge in [0.05, 0.1) is 11.2 Å². The Labute approximate surface area is 115 Å². The molecule has 0 bridgehead atoms. The van der Waals surface area contributed by atoms with Gasteiger partial charge in [-0.3, -0.25) is 0 Å². The summed E-state index contributed by atoms with van der Waals surface area (Å²) in [7, 11) is 0. The first-order valence-electron chi connectivity index (χ1n) is 6.96. The summed E-state index contributed by atoms with van der Waals surface area (Å²) in [5.74, 6) is 2.36. The van der Waals surface area contributed by atoms with E-state index in [1.807, 2.05) is 25.6 Å². The van der Waals surface area contributed by atoms with Crippen molar-refractivity contribution in [2.24, 2.45) is 0 Å². The highest BCUT2D eigenvalue weighted by Gasteiger charge is 2.43. The molecule has 2 unspecified atom stereocenters. The van der Waals surface area contributed by atoms with Crippen LogP contribution >= 0.6 is 11.8 Å². The highest BCUT2D eigenvalue weighted by atomic mass is 32.2. The number of nitrogens with one attached hydrogen (secondary N) is 1. The molecule has 2 aliphatic heterocycles. The molecule has 0 aromatic heterocycles. The van der Waals surface area contributed by atoms with Crippen molar-refractivity contribution in [1.29, 1.82) is 0 Å². The largest absolute Gasteiger partial charge is 0.389 e. The van der Waals surface area contributed by atoms with Gasteiger partial charge in [0.25, 0.3) is 0 Å². The van der Waals surface area contributed by atoms with Crippen LogP contribution in [0, 0.1) is 0 Å². The number of hydrogen-bond acceptors (Lipinski definition) is 4. The molecule has 0 radical (unpaired) electrons. The van der Waals surface area contributed by atoms with Gasteiger partial charge in [-0.25, -0.2) is 0 Å². The molecule has 1 spiro atoms. The van der Waals surface area contributed by atoms with E-state index >= 15 is 0 Å². The van der Waals surface area contributed by atoms with Gasteiger partial charge in [-0.05, 0) is 52.7 Å². The molecule has 0 saturated carbocycles. The molecule has 0 aromatic rings. The summed E-state index contributed by atoms with van der Waals surface area (Å²) in [6.07, 6.45) is 3.31. The Morgan fingerprint density at radius 1 is 1.33 bits per heavy atom. The summed E-state index contributed by atoms with van der Waals surface area (Å²) in [4.78, 5) is 0. The summed E-state index contributed by atoms with van der Waals surface area (Å²) in [6.45, 7) is 8.76. The normalized spacial score (nSPS) is 34.2. The van der Waals surface area contributed by atoms with E-state index in [1.54, 1.807) is 0 Å². The van der Waals surface area contributed by atoms with Crippen LogP contribution < -0.4 is 5.32 Å². The van der Waals surface area contributed by atoms with Crippen LogP contribution in [0.15, 0.2) is 0 Å². The predicted octanol–water partition coefficient (Wildman–Crippen LogP) is 2.18. The van der Waals surface area contributed by atoms with Crippen LogP contribution in [0.2, 0.25) is 0 Å². The van der Waals surface area contributed by atoms with Gasteiger partial charge < -0.3 is 15.2 Å². The lowest BCUT2D eigenvalue weighted by molar-refractivity contribution is -0.0830. The molecule has 2 saturated heterocycles. The lowest BCUT2D eigenvalue weighted by atomic mass is 9.82. The van der Waals surface area contributed by atoms with E-state index in [2.05, 4.69) is 19.2 Å². The van der Waals surface area contributed by atoms with Crippen molar-refractivity contribution in [1.82, 2.24) is 5.32 Å². The average molecular weight is 273 g/mol. The van der Waals surface area contributed by atoms with Gasteiger partial charge >= 0.3 is 0 Å². The molecule has 2 rings (SSSR count). The zero-order valence-corrected chi connectivity index (χ0v) is 12.9. The maximum absolute atomic E-state index is 10.2. The second-order valence-corrected chi connectivity index (χ2v) is 7.96. The maximum Gasteiger partial charge on any atom is 0.0795 e. The molecule has 2 atom stereocenters. The zero-order chi connectivity index (χ0) is 13.4. The first-order valence-corrected chi connectivity index (χ1v) is 8.11. The van der Waals surface area contributed by atoms with Gasteiger partial charge in [0, 0.05) is 23.9 Å². The summed E-state index contributed by atoms with van der Waals surface area (Å²) in [6, 6.07) is 0.457. The maximum atomic E-state index is 10.2. The number of aliphatic hydroxyl groups is 1. The Morgan fingerprint density at radius 2 is 2.06 bits per heavy atom. The van der Waals surface area contributed by atoms with Gasteiger partial charge in [-0.2, -0.15) is 11.8 Å². The molecule has 4 heteroatoms. The Bertz CT molecular complexity index is 293. The Kier molecular flexibility index (Phi) is 4.04. The van der Waals surface area contributed by atoms with E-state index in [-0.39, 0.29) is 11.1 Å². The van der Waals surface area contributed by atoms with Gasteiger partial charge in [0.15, 0.2) is 0 Å². The lowest BCUT2D eigenvalue weighted by Crippen LogP contribution is -2.61. The van der Waals surface area contributed by atoms with Crippen molar-refractivity contribution in [2.75, 3.05) is 18.1 Å². The second-order valence-electron chi connectivity index (χ2n) is 6.85. The van der Waals surface area contributed by atoms with Crippen molar-refractivity contribution < 1.29 is 9.84 Å². The van der Waals surface area contributed by atoms with E-state index in [1.165, 1.54) is 12.2 Å². The van der Waals surface area contributed by atoms with Gasteiger partial charge in [0.2, 0.25) is 0 Å². The number of hydrogen-bond donors (Lipinski definition) is 2. The smallest absolute Gasteiger partial charge is 0.0795 e. The van der Waals surface area contributed by atoms with Crippen molar-refractivity contribution >= 4 is 11.8 Å². The Hall–Kier alpha value is 0.230. The molecular weight excluding hydrogens is 246 g/mol. The SMILES string of the molecule is CC(C)(O)C(C)(C)NC1CCOC2(CCSC2)C1. The molecule has 18 heavy (non-hydrogen) atoms. The molecule has 0 amide bonds. The Morgan fingerprint density at radius 3 is 2.61 bits per heavy atom. The van der Waals surface area contributed by atoms with Crippen LogP contribution in [0.5, 0.6) is 0 Å². The molecule has 2 N–H and O–H groups in total. The van der Waals surface area contributed by atoms with Gasteiger partial charge in [0.1, 0.15) is 0 Å². The summed E-state index contributed by atoms with van der Waals surface area (Å²) < 4.78 is 6.03. The molecule has 0 aromatic carbocycles. The zero-order valence-electron chi connectivity index (χ0n) is 12.1. The van der Waals surface area contributed by atoms with E-state index in [0.29, 0.717) is 6.04 Å². The summed E-state index contributed by atoms with van der Waals surface area (Å²) in [5.41, 5.74) is -0.888. The fourth-order valence-corrected chi connectivity index (χ4v) is 4.08. The predicted molar refractivity (Wildman–Crippen MR) is 77.2 cm³/mol. The van der Waals surface area contributed by atoms with Crippen molar-refractivity contribution in [3.05, 3.63) is 0 Å². The first-order chi connectivity index (χ1) is 8.24. The van der Waals surface area contributed by atoms with E-state index in [0.717, 1.165) is 25.2 Å². The molecular formula is C14H27NO2S. The summed E-state index contributed by atoms with van der Waals surface area (Å²) >= 11 is 2.00. The highest BCUT2D eigenvalue weighted by molar-refractivity contribution is 7.99. The molecule has 2 heterocycles. The highest BCUT2D eigenvalue weighted by Crippen LogP contribution is 2.39. The minimum atomic E-state index is -0.719.